The van der Waals surface area contributed by atoms with Gasteiger partial charge in [-0.25, -0.2) is 9.97 Å². The van der Waals surface area contributed by atoms with Crippen LogP contribution in [0.2, 0.25) is 0 Å². The predicted octanol–water partition coefficient (Wildman–Crippen LogP) is 1.88. The Hall–Kier alpha value is -2.08. The van der Waals surface area contributed by atoms with Gasteiger partial charge in [0, 0.05) is 36.9 Å². The first kappa shape index (κ1) is 15.8. The third kappa shape index (κ3) is 3.64. The van der Waals surface area contributed by atoms with Gasteiger partial charge in [0.1, 0.15) is 5.82 Å². The molecule has 1 aliphatic rings. The minimum Gasteiger partial charge on any atom is -0.352 e. The van der Waals surface area contributed by atoms with Gasteiger partial charge in [0.15, 0.2) is 5.82 Å². The van der Waals surface area contributed by atoms with Crippen LogP contribution in [0.3, 0.4) is 0 Å². The first-order valence-corrected chi connectivity index (χ1v) is 7.99. The van der Waals surface area contributed by atoms with Crippen LogP contribution < -0.4 is 4.90 Å². The quantitative estimate of drug-likeness (QED) is 0.859. The lowest BCUT2D eigenvalue weighted by molar-refractivity contribution is 0.192. The average Bonchev–Trinajstić information content (AvgIpc) is 2.46. The van der Waals surface area contributed by atoms with E-state index in [1.54, 1.807) is 12.4 Å². The zero-order valence-electron chi connectivity index (χ0n) is 14.3. The van der Waals surface area contributed by atoms with Crippen LogP contribution in [0, 0.1) is 0 Å². The van der Waals surface area contributed by atoms with E-state index < -0.39 is 0 Å². The van der Waals surface area contributed by atoms with E-state index in [9.17, 15) is 0 Å². The van der Waals surface area contributed by atoms with E-state index >= 15 is 0 Å². The molecule has 122 valence electrons. The summed E-state index contributed by atoms with van der Waals surface area (Å²) >= 11 is 0. The molecule has 0 saturated carbocycles. The van der Waals surface area contributed by atoms with Crippen molar-refractivity contribution < 1.29 is 0 Å². The van der Waals surface area contributed by atoms with Crippen molar-refractivity contribution in [2.24, 2.45) is 0 Å². The number of aromatic nitrogens is 4. The molecule has 0 spiro atoms. The summed E-state index contributed by atoms with van der Waals surface area (Å²) in [4.78, 5) is 13.1. The lowest BCUT2D eigenvalue weighted by Crippen LogP contribution is -2.58. The summed E-state index contributed by atoms with van der Waals surface area (Å²) in [5, 5.41) is 8.74. The Bertz CT molecular complexity index is 628. The number of likely N-dealkylation sites (N-methyl/N-ethyl adjacent to an activating group) is 1. The molecule has 3 heterocycles. The molecule has 1 fully saturated rings. The number of hydrogen-bond acceptors (Lipinski definition) is 6. The van der Waals surface area contributed by atoms with Crippen LogP contribution in [0.4, 0.5) is 5.82 Å². The molecule has 2 aromatic rings. The van der Waals surface area contributed by atoms with Gasteiger partial charge in [-0.2, -0.15) is 5.10 Å². The van der Waals surface area contributed by atoms with Gasteiger partial charge in [-0.05, 0) is 25.2 Å². The maximum absolute atomic E-state index is 4.38. The van der Waals surface area contributed by atoms with Crippen LogP contribution in [0.5, 0.6) is 0 Å². The average molecular weight is 312 g/mol. The number of nitrogens with zero attached hydrogens (tertiary/aromatic N) is 6. The maximum atomic E-state index is 4.38. The lowest BCUT2D eigenvalue weighted by Gasteiger charge is -2.44. The summed E-state index contributed by atoms with van der Waals surface area (Å²) in [5.74, 6) is 1.82. The second-order valence-corrected chi connectivity index (χ2v) is 7.17. The molecule has 23 heavy (non-hydrogen) atoms. The van der Waals surface area contributed by atoms with Crippen LogP contribution in [0.1, 0.15) is 32.3 Å². The van der Waals surface area contributed by atoms with Crippen molar-refractivity contribution in [2.75, 3.05) is 25.0 Å². The summed E-state index contributed by atoms with van der Waals surface area (Å²) in [7, 11) is 2.12. The van der Waals surface area contributed by atoms with Crippen molar-refractivity contribution >= 4 is 5.82 Å². The van der Waals surface area contributed by atoms with Gasteiger partial charge in [-0.15, -0.1) is 5.10 Å². The zero-order valence-corrected chi connectivity index (χ0v) is 14.3. The van der Waals surface area contributed by atoms with E-state index in [1.807, 2.05) is 6.07 Å². The Kier molecular flexibility index (Phi) is 4.26. The van der Waals surface area contributed by atoms with Crippen molar-refractivity contribution in [3.63, 3.8) is 0 Å². The van der Waals surface area contributed by atoms with Crippen molar-refractivity contribution in [3.8, 4) is 0 Å². The maximum Gasteiger partial charge on any atom is 0.151 e. The van der Waals surface area contributed by atoms with E-state index in [2.05, 4.69) is 69.9 Å². The first-order chi connectivity index (χ1) is 10.9. The van der Waals surface area contributed by atoms with Crippen LogP contribution in [-0.2, 0) is 12.0 Å². The van der Waals surface area contributed by atoms with Crippen LogP contribution in [-0.4, -0.2) is 51.2 Å². The molecule has 0 unspecified atom stereocenters. The SMILES string of the molecule is CN(Cc1ncccn1)C1CN(c2ccc(C(C)(C)C)nn2)C1. The Morgan fingerprint density at radius 2 is 1.83 bits per heavy atom. The van der Waals surface area contributed by atoms with Gasteiger partial charge >= 0.3 is 0 Å². The van der Waals surface area contributed by atoms with E-state index in [0.717, 1.165) is 37.0 Å². The minimum atomic E-state index is 0.0406. The van der Waals surface area contributed by atoms with Crippen LogP contribution in [0.25, 0.3) is 0 Å². The largest absolute Gasteiger partial charge is 0.352 e. The molecule has 1 aliphatic heterocycles. The molecular weight excluding hydrogens is 288 g/mol. The minimum absolute atomic E-state index is 0.0406. The molecule has 6 heteroatoms. The molecule has 1 saturated heterocycles. The van der Waals surface area contributed by atoms with Gasteiger partial charge in [0.2, 0.25) is 0 Å². The molecule has 3 rings (SSSR count). The van der Waals surface area contributed by atoms with E-state index in [4.69, 9.17) is 0 Å². The van der Waals surface area contributed by atoms with Crippen LogP contribution in [0.15, 0.2) is 30.6 Å². The summed E-state index contributed by atoms with van der Waals surface area (Å²) in [6, 6.07) is 6.50. The van der Waals surface area contributed by atoms with Crippen LogP contribution >= 0.6 is 0 Å². The number of rotatable bonds is 4. The van der Waals surface area contributed by atoms with Crippen molar-refractivity contribution in [1.82, 2.24) is 25.1 Å². The standard InChI is InChI=1S/C17H24N6/c1-17(2,3)14-6-7-16(21-20-14)23-10-13(11-23)22(4)12-15-18-8-5-9-19-15/h5-9,13H,10-12H2,1-4H3. The van der Waals surface area contributed by atoms with E-state index in [-0.39, 0.29) is 5.41 Å². The fraction of sp³-hybridized carbons (Fsp3) is 0.529. The Labute approximate surface area is 137 Å². The van der Waals surface area contributed by atoms with Gasteiger partial charge in [-0.1, -0.05) is 20.8 Å². The molecule has 0 aliphatic carbocycles. The fourth-order valence-electron chi connectivity index (χ4n) is 2.58. The Morgan fingerprint density at radius 1 is 1.13 bits per heavy atom. The monoisotopic (exact) mass is 312 g/mol. The van der Waals surface area contributed by atoms with Crippen molar-refractivity contribution in [1.29, 1.82) is 0 Å². The molecule has 0 aromatic carbocycles. The van der Waals surface area contributed by atoms with Gasteiger partial charge < -0.3 is 4.90 Å². The second-order valence-electron chi connectivity index (χ2n) is 7.17. The number of anilines is 1. The summed E-state index contributed by atoms with van der Waals surface area (Å²) in [6.45, 7) is 9.15. The highest BCUT2D eigenvalue weighted by atomic mass is 15.4. The predicted molar refractivity (Wildman–Crippen MR) is 90.2 cm³/mol. The molecule has 0 N–H and O–H groups in total. The summed E-state index contributed by atoms with van der Waals surface area (Å²) in [5.41, 5.74) is 1.07. The van der Waals surface area contributed by atoms with Gasteiger partial charge in [-0.3, -0.25) is 4.90 Å². The molecule has 2 aromatic heterocycles. The molecule has 0 radical (unpaired) electrons. The molecular formula is C17H24N6. The zero-order chi connectivity index (χ0) is 16.4. The Morgan fingerprint density at radius 3 is 2.39 bits per heavy atom. The molecule has 0 amide bonds. The summed E-state index contributed by atoms with van der Waals surface area (Å²) in [6.07, 6.45) is 3.57. The third-order valence-corrected chi connectivity index (χ3v) is 4.24. The highest BCUT2D eigenvalue weighted by Gasteiger charge is 2.31. The van der Waals surface area contributed by atoms with Gasteiger partial charge in [0.05, 0.1) is 12.2 Å². The summed E-state index contributed by atoms with van der Waals surface area (Å²) < 4.78 is 0. The lowest BCUT2D eigenvalue weighted by atomic mass is 9.92. The highest BCUT2D eigenvalue weighted by Crippen LogP contribution is 2.24. The third-order valence-electron chi connectivity index (χ3n) is 4.24. The van der Waals surface area contributed by atoms with Crippen molar-refractivity contribution in [2.45, 2.75) is 38.8 Å². The normalized spacial score (nSPS) is 15.8. The van der Waals surface area contributed by atoms with E-state index in [0.29, 0.717) is 6.04 Å². The number of hydrogen-bond donors (Lipinski definition) is 0. The first-order valence-electron chi connectivity index (χ1n) is 7.99. The molecule has 0 atom stereocenters. The molecule has 0 bridgehead atoms. The smallest absolute Gasteiger partial charge is 0.151 e. The van der Waals surface area contributed by atoms with E-state index in [1.165, 1.54) is 0 Å². The van der Waals surface area contributed by atoms with Crippen molar-refractivity contribution in [3.05, 3.63) is 42.1 Å². The molecule has 6 nitrogen and oxygen atoms in total. The van der Waals surface area contributed by atoms with Gasteiger partial charge in [0.25, 0.3) is 0 Å². The Balaban J connectivity index is 1.54. The highest BCUT2D eigenvalue weighted by molar-refractivity contribution is 5.42. The topological polar surface area (TPSA) is 58.0 Å². The second kappa shape index (κ2) is 6.20. The fourth-order valence-corrected chi connectivity index (χ4v) is 2.58.